The summed E-state index contributed by atoms with van der Waals surface area (Å²) in [6.07, 6.45) is 4.41. The third-order valence-electron chi connectivity index (χ3n) is 3.92. The summed E-state index contributed by atoms with van der Waals surface area (Å²) in [7, 11) is 1.65. The molecule has 3 nitrogen and oxygen atoms in total. The van der Waals surface area contributed by atoms with Crippen LogP contribution in [0.4, 0.5) is 8.78 Å². The third-order valence-corrected chi connectivity index (χ3v) is 3.92. The van der Waals surface area contributed by atoms with Crippen LogP contribution in [0.5, 0.6) is 0 Å². The van der Waals surface area contributed by atoms with Crippen LogP contribution in [0.1, 0.15) is 37.7 Å². The highest BCUT2D eigenvalue weighted by molar-refractivity contribution is 5.86. The monoisotopic (exact) mass is 282 g/mol. The van der Waals surface area contributed by atoms with Crippen molar-refractivity contribution in [1.29, 1.82) is 0 Å². The Labute approximate surface area is 117 Å². The molecule has 5 heteroatoms. The topological polar surface area (TPSA) is 46.3 Å². The van der Waals surface area contributed by atoms with E-state index in [0.717, 1.165) is 31.4 Å². The molecule has 0 saturated heterocycles. The van der Waals surface area contributed by atoms with Crippen molar-refractivity contribution in [2.75, 3.05) is 7.05 Å². The van der Waals surface area contributed by atoms with Crippen LogP contribution in [0.2, 0.25) is 0 Å². The molecule has 0 radical (unpaired) electrons. The normalized spacial score (nSPS) is 17.8. The van der Waals surface area contributed by atoms with E-state index in [9.17, 15) is 13.6 Å². The van der Waals surface area contributed by atoms with Crippen molar-refractivity contribution in [3.63, 3.8) is 0 Å². The second-order valence-corrected chi connectivity index (χ2v) is 5.63. The van der Waals surface area contributed by atoms with Crippen LogP contribution in [-0.2, 0) is 11.3 Å². The van der Waals surface area contributed by atoms with Gasteiger partial charge in [-0.05, 0) is 30.5 Å². The second-order valence-electron chi connectivity index (χ2n) is 5.63. The average Bonchev–Trinajstić information content (AvgIpc) is 2.43. The fourth-order valence-electron chi connectivity index (χ4n) is 2.76. The van der Waals surface area contributed by atoms with Crippen molar-refractivity contribution in [1.82, 2.24) is 4.90 Å². The molecule has 0 atom stereocenters. The van der Waals surface area contributed by atoms with Gasteiger partial charge in [0, 0.05) is 13.6 Å². The lowest BCUT2D eigenvalue weighted by atomic mass is 9.81. The van der Waals surface area contributed by atoms with Crippen LogP contribution in [0.3, 0.4) is 0 Å². The van der Waals surface area contributed by atoms with E-state index in [4.69, 9.17) is 5.73 Å². The minimum Gasteiger partial charge on any atom is -0.340 e. The number of rotatable bonds is 3. The van der Waals surface area contributed by atoms with Crippen LogP contribution in [-0.4, -0.2) is 23.4 Å². The van der Waals surface area contributed by atoms with Crippen molar-refractivity contribution in [3.8, 4) is 0 Å². The predicted octanol–water partition coefficient (Wildman–Crippen LogP) is 2.58. The first-order chi connectivity index (χ1) is 9.42. The fraction of sp³-hybridized carbons (Fsp3) is 0.533. The quantitative estimate of drug-likeness (QED) is 0.926. The maximum absolute atomic E-state index is 13.2. The van der Waals surface area contributed by atoms with Crippen molar-refractivity contribution in [3.05, 3.63) is 35.4 Å². The zero-order valence-electron chi connectivity index (χ0n) is 11.7. The Morgan fingerprint density at radius 1 is 1.25 bits per heavy atom. The molecule has 0 spiro atoms. The smallest absolute Gasteiger partial charge is 0.242 e. The molecule has 1 saturated carbocycles. The van der Waals surface area contributed by atoms with Gasteiger partial charge in [-0.3, -0.25) is 4.79 Å². The summed E-state index contributed by atoms with van der Waals surface area (Å²) in [6.45, 7) is 0.231. The van der Waals surface area contributed by atoms with Crippen LogP contribution in [0.25, 0.3) is 0 Å². The Kier molecular flexibility index (Phi) is 4.38. The number of nitrogens with zero attached hydrogens (tertiary/aromatic N) is 1. The Hall–Kier alpha value is -1.49. The lowest BCUT2D eigenvalue weighted by Gasteiger charge is -2.35. The number of amides is 1. The number of halogens is 2. The Balaban J connectivity index is 2.05. The number of nitrogens with two attached hydrogens (primary N) is 1. The van der Waals surface area contributed by atoms with Gasteiger partial charge in [0.1, 0.15) is 0 Å². The standard InChI is InChI=1S/C15H20F2N2O/c1-19(10-11-5-6-12(16)13(17)9-11)14(20)15(18)7-3-2-4-8-15/h5-6,9H,2-4,7-8,10,18H2,1H3. The van der Waals surface area contributed by atoms with Crippen LogP contribution in [0.15, 0.2) is 18.2 Å². The van der Waals surface area contributed by atoms with Gasteiger partial charge in [0.15, 0.2) is 11.6 Å². The van der Waals surface area contributed by atoms with Gasteiger partial charge in [0.2, 0.25) is 5.91 Å². The van der Waals surface area contributed by atoms with Crippen LogP contribution < -0.4 is 5.73 Å². The van der Waals surface area contributed by atoms with Crippen LogP contribution in [0, 0.1) is 11.6 Å². The summed E-state index contributed by atoms with van der Waals surface area (Å²) in [5.74, 6) is -1.91. The van der Waals surface area contributed by atoms with Gasteiger partial charge in [0.25, 0.3) is 0 Å². The van der Waals surface area contributed by atoms with Crippen molar-refractivity contribution < 1.29 is 13.6 Å². The number of carbonyl (C=O) groups is 1. The maximum atomic E-state index is 13.2. The summed E-state index contributed by atoms with van der Waals surface area (Å²) in [5, 5.41) is 0. The van der Waals surface area contributed by atoms with E-state index in [2.05, 4.69) is 0 Å². The van der Waals surface area contributed by atoms with Crippen molar-refractivity contribution in [2.45, 2.75) is 44.2 Å². The van der Waals surface area contributed by atoms with Gasteiger partial charge in [-0.1, -0.05) is 25.3 Å². The number of hydrogen-bond donors (Lipinski definition) is 1. The first kappa shape index (κ1) is 14.9. The minimum absolute atomic E-state index is 0.123. The zero-order chi connectivity index (χ0) is 14.8. The molecule has 1 aromatic carbocycles. The highest BCUT2D eigenvalue weighted by atomic mass is 19.2. The van der Waals surface area contributed by atoms with E-state index in [1.54, 1.807) is 7.05 Å². The first-order valence-electron chi connectivity index (χ1n) is 6.91. The van der Waals surface area contributed by atoms with Gasteiger partial charge < -0.3 is 10.6 Å². The molecule has 20 heavy (non-hydrogen) atoms. The van der Waals surface area contributed by atoms with E-state index >= 15 is 0 Å². The van der Waals surface area contributed by atoms with E-state index in [-0.39, 0.29) is 12.5 Å². The Morgan fingerprint density at radius 2 is 1.90 bits per heavy atom. The molecule has 0 unspecified atom stereocenters. The Bertz CT molecular complexity index is 499. The number of likely N-dealkylation sites (N-methyl/N-ethyl adjacent to an activating group) is 1. The van der Waals surface area contributed by atoms with Gasteiger partial charge >= 0.3 is 0 Å². The van der Waals surface area contributed by atoms with E-state index in [0.29, 0.717) is 18.4 Å². The number of carbonyl (C=O) groups excluding carboxylic acids is 1. The molecule has 2 N–H and O–H groups in total. The van der Waals surface area contributed by atoms with Gasteiger partial charge in [-0.25, -0.2) is 8.78 Å². The molecule has 1 amide bonds. The molecule has 110 valence electrons. The summed E-state index contributed by atoms with van der Waals surface area (Å²) < 4.78 is 26.0. The summed E-state index contributed by atoms with van der Waals surface area (Å²) >= 11 is 0. The van der Waals surface area contributed by atoms with Crippen molar-refractivity contribution >= 4 is 5.91 Å². The SMILES string of the molecule is CN(Cc1ccc(F)c(F)c1)C(=O)C1(N)CCCCC1. The van der Waals surface area contributed by atoms with Gasteiger partial charge in [-0.2, -0.15) is 0 Å². The van der Waals surface area contributed by atoms with Crippen LogP contribution >= 0.6 is 0 Å². The number of benzene rings is 1. The van der Waals surface area contributed by atoms with Gasteiger partial charge in [-0.15, -0.1) is 0 Å². The minimum atomic E-state index is -0.900. The largest absolute Gasteiger partial charge is 0.340 e. The molecule has 0 heterocycles. The summed E-state index contributed by atoms with van der Waals surface area (Å²) in [4.78, 5) is 13.9. The molecule has 0 aliphatic heterocycles. The molecule has 2 rings (SSSR count). The van der Waals surface area contributed by atoms with Gasteiger partial charge in [0.05, 0.1) is 5.54 Å². The second kappa shape index (κ2) is 5.87. The van der Waals surface area contributed by atoms with E-state index in [1.807, 2.05) is 0 Å². The lowest BCUT2D eigenvalue weighted by molar-refractivity contribution is -0.137. The predicted molar refractivity (Wildman–Crippen MR) is 72.8 cm³/mol. The molecular weight excluding hydrogens is 262 g/mol. The molecule has 0 aromatic heterocycles. The zero-order valence-corrected chi connectivity index (χ0v) is 11.7. The highest BCUT2D eigenvalue weighted by Gasteiger charge is 2.37. The van der Waals surface area contributed by atoms with E-state index in [1.165, 1.54) is 11.0 Å². The maximum Gasteiger partial charge on any atom is 0.242 e. The molecular formula is C15H20F2N2O. The fourth-order valence-corrected chi connectivity index (χ4v) is 2.76. The summed E-state index contributed by atoms with van der Waals surface area (Å²) in [6, 6.07) is 3.66. The first-order valence-corrected chi connectivity index (χ1v) is 6.91. The lowest BCUT2D eigenvalue weighted by Crippen LogP contribution is -2.55. The highest BCUT2D eigenvalue weighted by Crippen LogP contribution is 2.27. The third kappa shape index (κ3) is 3.15. The number of hydrogen-bond acceptors (Lipinski definition) is 2. The molecule has 1 aromatic rings. The van der Waals surface area contributed by atoms with Crippen molar-refractivity contribution in [2.24, 2.45) is 5.73 Å². The molecule has 1 fully saturated rings. The Morgan fingerprint density at radius 3 is 2.50 bits per heavy atom. The van der Waals surface area contributed by atoms with E-state index < -0.39 is 17.2 Å². The summed E-state index contributed by atoms with van der Waals surface area (Å²) in [5.41, 5.74) is 5.94. The molecule has 0 bridgehead atoms. The molecule has 1 aliphatic carbocycles. The molecule has 1 aliphatic rings. The average molecular weight is 282 g/mol.